The molecule has 0 spiro atoms. The fraction of sp³-hybridized carbons (Fsp3) is 0.433. The molecule has 3 aromatic carbocycles. The number of hydrogen-bond donors (Lipinski definition) is 3. The van der Waals surface area contributed by atoms with Crippen molar-refractivity contribution in [3.05, 3.63) is 147 Å². The molecule has 0 radical (unpaired) electrons. The first kappa shape index (κ1) is 59.1. The largest absolute Gasteiger partial charge is 0.338 e. The van der Waals surface area contributed by atoms with Gasteiger partial charge in [0.25, 0.3) is 17.4 Å². The highest BCUT2D eigenvalue weighted by Gasteiger charge is 2.31. The van der Waals surface area contributed by atoms with Crippen molar-refractivity contribution < 1.29 is 28.4 Å². The first-order valence-corrected chi connectivity index (χ1v) is 27.6. The Morgan fingerprint density at radius 2 is 1.43 bits per heavy atom. The lowest BCUT2D eigenvalue weighted by Gasteiger charge is -2.39. The number of likely N-dealkylation sites (tertiary alicyclic amines) is 1. The van der Waals surface area contributed by atoms with E-state index in [0.29, 0.717) is 98.2 Å². The van der Waals surface area contributed by atoms with Gasteiger partial charge in [0.15, 0.2) is 5.69 Å². The van der Waals surface area contributed by atoms with Crippen LogP contribution in [0.15, 0.2) is 96.1 Å². The number of aldehydes is 1. The van der Waals surface area contributed by atoms with Crippen LogP contribution in [-0.2, 0) is 33.8 Å². The van der Waals surface area contributed by atoms with E-state index in [9.17, 15) is 24.0 Å². The normalized spacial score (nSPS) is 15.1. The minimum absolute atomic E-state index is 0.00287. The van der Waals surface area contributed by atoms with Crippen LogP contribution < -0.4 is 16.2 Å². The van der Waals surface area contributed by atoms with Crippen molar-refractivity contribution in [1.82, 2.24) is 55.0 Å². The van der Waals surface area contributed by atoms with Gasteiger partial charge in [-0.1, -0.05) is 82.1 Å². The molecular formula is C60H75FN12O6. The number of nitrogens with zero attached hydrogens (tertiary/aromatic N) is 9. The first-order valence-electron chi connectivity index (χ1n) is 27.6. The highest BCUT2D eigenvalue weighted by atomic mass is 19.1. The van der Waals surface area contributed by atoms with E-state index in [0.717, 1.165) is 75.1 Å². The lowest BCUT2D eigenvalue weighted by Crippen LogP contribution is -2.53. The standard InChI is InChI=1S/C54H61FN12O5.C4H10.C2H4O/c1-3-37-7-6-8-40(27-37)41-30-47(60-49(68)33-56-32-48-57-16-13-36(2)59-48)51(58-31-41)54(72)67-21-19-64(20-22-67)34-38-14-17-63(18-15-38)35-50(69)65-23-25-66(26-24-65)53(71)44-28-39(11-12-45(44)55)29-46-42-9-4-5-10-43(42)52(70)62-61-46;1-3-4-2;1-2-3/h4-13,16,27-28,30-31,38,56H,3,14-15,17-26,29,32-35H2,1-2H3,(H,60,68)(H,62,70);3-4H2,1-2H3;2H,1H3. The van der Waals surface area contributed by atoms with Crippen molar-refractivity contribution in [1.29, 1.82) is 0 Å². The molecule has 0 unspecified atom stereocenters. The molecule has 418 valence electrons. The van der Waals surface area contributed by atoms with Gasteiger partial charge in [0.2, 0.25) is 11.8 Å². The number of pyridine rings is 1. The quantitative estimate of drug-likeness (QED) is 0.0878. The molecule has 3 saturated heterocycles. The fourth-order valence-corrected chi connectivity index (χ4v) is 9.87. The van der Waals surface area contributed by atoms with Crippen LogP contribution in [0.4, 0.5) is 10.1 Å². The summed E-state index contributed by atoms with van der Waals surface area (Å²) in [6.07, 6.45) is 9.88. The molecule has 6 heterocycles. The number of aromatic amines is 1. The minimum Gasteiger partial charge on any atom is -0.338 e. The van der Waals surface area contributed by atoms with Crippen LogP contribution in [0.1, 0.15) is 103 Å². The molecule has 79 heavy (non-hydrogen) atoms. The third-order valence-electron chi connectivity index (χ3n) is 14.5. The van der Waals surface area contributed by atoms with E-state index in [2.05, 4.69) is 78.5 Å². The Hall–Kier alpha value is -7.61. The molecule has 9 rings (SSSR count). The second kappa shape index (κ2) is 29.4. The molecule has 3 aliphatic heterocycles. The van der Waals surface area contributed by atoms with Crippen LogP contribution in [0.5, 0.6) is 0 Å². The van der Waals surface area contributed by atoms with Gasteiger partial charge < -0.3 is 30.1 Å². The second-order valence-corrected chi connectivity index (χ2v) is 20.2. The molecule has 3 N–H and O–H groups in total. The van der Waals surface area contributed by atoms with E-state index in [1.54, 1.807) is 46.5 Å². The number of aromatic nitrogens is 5. The summed E-state index contributed by atoms with van der Waals surface area (Å²) in [5, 5.41) is 14.0. The monoisotopic (exact) mass is 1080 g/mol. The lowest BCUT2D eigenvalue weighted by atomic mass is 9.96. The number of benzene rings is 3. The number of rotatable bonds is 16. The molecule has 0 saturated carbocycles. The molecule has 3 aromatic heterocycles. The Morgan fingerprint density at radius 1 is 0.747 bits per heavy atom. The van der Waals surface area contributed by atoms with Crippen molar-refractivity contribution in [2.45, 2.75) is 79.7 Å². The second-order valence-electron chi connectivity index (χ2n) is 20.2. The summed E-state index contributed by atoms with van der Waals surface area (Å²) < 4.78 is 15.1. The van der Waals surface area contributed by atoms with Crippen LogP contribution in [0.25, 0.3) is 21.9 Å². The Morgan fingerprint density at radius 3 is 2.13 bits per heavy atom. The summed E-state index contributed by atoms with van der Waals surface area (Å²) in [5.74, 6) is -0.486. The number of aryl methyl sites for hydroxylation is 2. The van der Waals surface area contributed by atoms with Crippen molar-refractivity contribution in [3.63, 3.8) is 0 Å². The van der Waals surface area contributed by atoms with E-state index in [4.69, 9.17) is 4.79 Å². The predicted molar refractivity (Wildman–Crippen MR) is 304 cm³/mol. The van der Waals surface area contributed by atoms with E-state index in [1.807, 2.05) is 48.2 Å². The number of piperidine rings is 1. The summed E-state index contributed by atoms with van der Waals surface area (Å²) in [4.78, 5) is 98.7. The zero-order chi connectivity index (χ0) is 56.3. The average molecular weight is 1080 g/mol. The Bertz CT molecular complexity index is 3090. The summed E-state index contributed by atoms with van der Waals surface area (Å²) in [5.41, 5.74) is 5.34. The number of halogens is 1. The van der Waals surface area contributed by atoms with Gasteiger partial charge in [0, 0.05) is 94.4 Å². The lowest BCUT2D eigenvalue weighted by molar-refractivity contribution is -0.134. The van der Waals surface area contributed by atoms with Crippen molar-refractivity contribution in [2.75, 3.05) is 90.4 Å². The Kier molecular flexibility index (Phi) is 22.0. The van der Waals surface area contributed by atoms with E-state index in [-0.39, 0.29) is 41.1 Å². The smallest absolute Gasteiger partial charge is 0.274 e. The number of H-pyrrole nitrogens is 1. The van der Waals surface area contributed by atoms with Gasteiger partial charge in [-0.15, -0.1) is 0 Å². The number of carbonyl (C=O) groups is 5. The number of anilines is 1. The molecule has 18 nitrogen and oxygen atoms in total. The number of fused-ring (bicyclic) bond motifs is 1. The van der Waals surface area contributed by atoms with Gasteiger partial charge in [-0.25, -0.2) is 24.4 Å². The molecular weight excluding hydrogens is 1000 g/mol. The first-order chi connectivity index (χ1) is 38.3. The summed E-state index contributed by atoms with van der Waals surface area (Å²) in [6, 6.07) is 23.4. The van der Waals surface area contributed by atoms with Crippen LogP contribution in [0.3, 0.4) is 0 Å². The third kappa shape index (κ3) is 16.5. The maximum Gasteiger partial charge on any atom is 0.274 e. The molecule has 0 bridgehead atoms. The molecule has 3 aliphatic rings. The molecule has 4 amide bonds. The van der Waals surface area contributed by atoms with Gasteiger partial charge in [-0.05, 0) is 99.1 Å². The number of piperazine rings is 2. The average Bonchev–Trinajstić information content (AvgIpc) is 3.51. The number of nitrogens with one attached hydrogen (secondary N) is 3. The van der Waals surface area contributed by atoms with Gasteiger partial charge in [-0.3, -0.25) is 33.8 Å². The predicted octanol–water partition coefficient (Wildman–Crippen LogP) is 6.57. The summed E-state index contributed by atoms with van der Waals surface area (Å²) >= 11 is 0. The number of carbonyl (C=O) groups excluding carboxylic acids is 5. The number of unbranched alkanes of at least 4 members (excludes halogenated alkanes) is 1. The van der Waals surface area contributed by atoms with E-state index in [1.165, 1.54) is 31.4 Å². The fourth-order valence-electron chi connectivity index (χ4n) is 9.87. The van der Waals surface area contributed by atoms with Gasteiger partial charge in [0.1, 0.15) is 17.9 Å². The Labute approximate surface area is 462 Å². The van der Waals surface area contributed by atoms with E-state index >= 15 is 4.39 Å². The summed E-state index contributed by atoms with van der Waals surface area (Å²) in [7, 11) is 0. The van der Waals surface area contributed by atoms with Crippen LogP contribution in [0, 0.1) is 18.7 Å². The zero-order valence-corrected chi connectivity index (χ0v) is 46.3. The van der Waals surface area contributed by atoms with Crippen molar-refractivity contribution in [3.8, 4) is 11.1 Å². The third-order valence-corrected chi connectivity index (χ3v) is 14.5. The van der Waals surface area contributed by atoms with Crippen LogP contribution >= 0.6 is 0 Å². The number of hydrogen-bond acceptors (Lipinski definition) is 13. The Balaban J connectivity index is 0.00000122. The molecule has 19 heteroatoms. The highest BCUT2D eigenvalue weighted by molar-refractivity contribution is 6.03. The van der Waals surface area contributed by atoms with Crippen molar-refractivity contribution in [2.24, 2.45) is 5.92 Å². The van der Waals surface area contributed by atoms with Gasteiger partial charge >= 0.3 is 0 Å². The van der Waals surface area contributed by atoms with Crippen LogP contribution in [-0.4, -0.2) is 165 Å². The van der Waals surface area contributed by atoms with Crippen molar-refractivity contribution >= 4 is 46.4 Å². The number of amides is 4. The van der Waals surface area contributed by atoms with E-state index < -0.39 is 11.7 Å². The topological polar surface area (TPSA) is 210 Å². The molecule has 6 aromatic rings. The van der Waals surface area contributed by atoms with Gasteiger partial charge in [-0.2, -0.15) is 5.10 Å². The van der Waals surface area contributed by atoms with Gasteiger partial charge in [0.05, 0.1) is 42.0 Å². The molecule has 3 fully saturated rings. The SMILES string of the molecule is CC=O.CCCC.CCc1cccc(-c2cnc(C(=O)N3CCN(CC4CCN(CC(=O)N5CCN(C(=O)c6cc(Cc7n[nH]c(=O)c8ccccc78)ccc6F)CC5)CC4)CC3)c(NC(=O)CNCc3nccc(C)n3)c2)c1. The maximum absolute atomic E-state index is 15.1. The summed E-state index contributed by atoms with van der Waals surface area (Å²) in [6.45, 7) is 16.8. The van der Waals surface area contributed by atoms with Crippen LogP contribution in [0.2, 0.25) is 0 Å². The minimum atomic E-state index is -0.612. The zero-order valence-electron chi connectivity index (χ0n) is 46.3. The molecule has 0 atom stereocenters. The maximum atomic E-state index is 15.1. The highest BCUT2D eigenvalue weighted by Crippen LogP contribution is 2.28. The molecule has 0 aliphatic carbocycles.